The number of nitrogens with one attached hydrogen (secondary N) is 2. The molecule has 8 nitrogen and oxygen atoms in total. The van der Waals surface area contributed by atoms with Crippen molar-refractivity contribution in [2.75, 3.05) is 20.3 Å². The standard InChI is InChI=1S/C37H66N2O6Si2/c1-23(2)46(24(3)4,25(5)6)43-22-36(30(14)40)39-37(41)35-17-16-34(38-35)31-18-32(44-29(13)21-42-15)20-33(19-31)45-47(26(7)8,27(9)10)28(11)12/h16-20,23-30,36,38,40H,21-22H2,1-15H3,(H,39,41)/t29-,30+,36+/m0/s1. The maximum absolute atomic E-state index is 13.5. The number of rotatable bonds is 19. The smallest absolute Gasteiger partial charge is 0.268 e. The summed E-state index contributed by atoms with van der Waals surface area (Å²) in [7, 11) is -2.75. The van der Waals surface area contributed by atoms with Crippen molar-refractivity contribution >= 4 is 22.5 Å². The molecule has 2 rings (SSSR count). The summed E-state index contributed by atoms with van der Waals surface area (Å²) in [5.41, 5.74) is 4.46. The molecule has 0 aliphatic rings. The number of methoxy groups -OCH3 is 1. The van der Waals surface area contributed by atoms with Crippen molar-refractivity contribution in [3.8, 4) is 22.8 Å². The van der Waals surface area contributed by atoms with Gasteiger partial charge in [-0.05, 0) is 71.4 Å². The van der Waals surface area contributed by atoms with Gasteiger partial charge in [0.05, 0.1) is 25.4 Å². The second kappa shape index (κ2) is 17.5. The number of carbonyl (C=O) groups excluding carboxylic acids is 1. The van der Waals surface area contributed by atoms with Gasteiger partial charge in [0.15, 0.2) is 8.32 Å². The topological polar surface area (TPSA) is 102 Å². The largest absolute Gasteiger partial charge is 0.543 e. The first kappa shape index (κ1) is 41.1. The molecule has 0 aliphatic heterocycles. The van der Waals surface area contributed by atoms with Gasteiger partial charge in [-0.25, -0.2) is 0 Å². The Morgan fingerprint density at radius 3 is 1.72 bits per heavy atom. The first-order valence-electron chi connectivity index (χ1n) is 17.6. The third kappa shape index (κ3) is 9.74. The van der Waals surface area contributed by atoms with Crippen molar-refractivity contribution in [2.45, 2.75) is 148 Å². The van der Waals surface area contributed by atoms with E-state index in [1.54, 1.807) is 20.1 Å². The number of carbonyl (C=O) groups is 1. The number of hydrogen-bond donors (Lipinski definition) is 3. The number of amides is 1. The molecule has 1 aromatic heterocycles. The zero-order valence-electron chi connectivity index (χ0n) is 32.0. The summed E-state index contributed by atoms with van der Waals surface area (Å²) < 4.78 is 25.4. The molecule has 0 bridgehead atoms. The maximum atomic E-state index is 13.5. The molecule has 0 radical (unpaired) electrons. The van der Waals surface area contributed by atoms with E-state index in [9.17, 15) is 9.90 Å². The predicted octanol–water partition coefficient (Wildman–Crippen LogP) is 9.32. The van der Waals surface area contributed by atoms with Crippen molar-refractivity contribution in [1.29, 1.82) is 0 Å². The summed E-state index contributed by atoms with van der Waals surface area (Å²) in [5.74, 6) is 1.16. The number of benzene rings is 1. The van der Waals surface area contributed by atoms with Crippen LogP contribution in [-0.4, -0.2) is 71.2 Å². The van der Waals surface area contributed by atoms with Crippen LogP contribution in [0.4, 0.5) is 0 Å². The van der Waals surface area contributed by atoms with Gasteiger partial charge in [0.1, 0.15) is 23.3 Å². The van der Waals surface area contributed by atoms with Gasteiger partial charge in [0, 0.05) is 24.4 Å². The molecule has 0 unspecified atom stereocenters. The molecule has 10 heteroatoms. The minimum atomic E-state index is -2.24. The predicted molar refractivity (Wildman–Crippen MR) is 200 cm³/mol. The van der Waals surface area contributed by atoms with Crippen molar-refractivity contribution in [1.82, 2.24) is 10.3 Å². The van der Waals surface area contributed by atoms with E-state index in [0.29, 0.717) is 51.3 Å². The molecular formula is C37H66N2O6Si2. The first-order chi connectivity index (χ1) is 21.8. The summed E-state index contributed by atoms with van der Waals surface area (Å²) in [6, 6.07) is 9.11. The fourth-order valence-corrected chi connectivity index (χ4v) is 18.6. The van der Waals surface area contributed by atoms with Crippen LogP contribution < -0.4 is 14.5 Å². The van der Waals surface area contributed by atoms with Crippen LogP contribution in [0.2, 0.25) is 33.2 Å². The van der Waals surface area contributed by atoms with Crippen LogP contribution in [0.25, 0.3) is 11.3 Å². The van der Waals surface area contributed by atoms with Gasteiger partial charge < -0.3 is 33.7 Å². The third-order valence-corrected chi connectivity index (χ3v) is 22.1. The average molecular weight is 691 g/mol. The molecule has 3 N–H and O–H groups in total. The van der Waals surface area contributed by atoms with Crippen molar-refractivity contribution in [3.63, 3.8) is 0 Å². The van der Waals surface area contributed by atoms with Crippen LogP contribution in [0.5, 0.6) is 11.5 Å². The fraction of sp³-hybridized carbons (Fsp3) is 0.703. The third-order valence-electron chi connectivity index (χ3n) is 9.98. The molecule has 1 heterocycles. The molecule has 2 aromatic rings. The van der Waals surface area contributed by atoms with Crippen molar-refractivity contribution < 1.29 is 28.2 Å². The van der Waals surface area contributed by atoms with E-state index >= 15 is 0 Å². The van der Waals surface area contributed by atoms with Crippen LogP contribution in [0.1, 0.15) is 107 Å². The zero-order valence-corrected chi connectivity index (χ0v) is 34.0. The molecule has 0 saturated carbocycles. The Labute approximate surface area is 288 Å². The molecule has 0 fully saturated rings. The van der Waals surface area contributed by atoms with E-state index in [4.69, 9.17) is 18.3 Å². The number of aromatic nitrogens is 1. The van der Waals surface area contributed by atoms with E-state index in [-0.39, 0.29) is 18.6 Å². The lowest BCUT2D eigenvalue weighted by atomic mass is 10.1. The monoisotopic (exact) mass is 690 g/mol. The highest BCUT2D eigenvalue weighted by molar-refractivity contribution is 6.78. The van der Waals surface area contributed by atoms with Crippen LogP contribution in [0.3, 0.4) is 0 Å². The Bertz CT molecular complexity index is 1210. The first-order valence-corrected chi connectivity index (χ1v) is 21.9. The van der Waals surface area contributed by atoms with Crippen LogP contribution in [-0.2, 0) is 9.16 Å². The lowest BCUT2D eigenvalue weighted by molar-refractivity contribution is 0.0761. The van der Waals surface area contributed by atoms with Crippen molar-refractivity contribution in [3.05, 3.63) is 36.0 Å². The van der Waals surface area contributed by atoms with E-state index < -0.39 is 28.8 Å². The van der Waals surface area contributed by atoms with Crippen LogP contribution >= 0.6 is 0 Å². The second-order valence-corrected chi connectivity index (χ2v) is 26.1. The Morgan fingerprint density at radius 2 is 1.26 bits per heavy atom. The molecule has 0 spiro atoms. The van der Waals surface area contributed by atoms with Gasteiger partial charge in [-0.1, -0.05) is 83.1 Å². The Morgan fingerprint density at radius 1 is 0.745 bits per heavy atom. The van der Waals surface area contributed by atoms with Crippen LogP contribution in [0.15, 0.2) is 30.3 Å². The Balaban J connectivity index is 2.44. The molecule has 0 aliphatic carbocycles. The number of H-pyrrole nitrogens is 1. The Hall–Kier alpha value is -2.12. The minimum Gasteiger partial charge on any atom is -0.543 e. The maximum Gasteiger partial charge on any atom is 0.268 e. The summed E-state index contributed by atoms with van der Waals surface area (Å²) in [4.78, 5) is 16.9. The molecule has 1 amide bonds. The van der Waals surface area contributed by atoms with Gasteiger partial charge in [0.2, 0.25) is 0 Å². The highest BCUT2D eigenvalue weighted by atomic mass is 28.4. The normalized spacial score (nSPS) is 14.9. The van der Waals surface area contributed by atoms with Crippen LogP contribution in [0, 0.1) is 0 Å². The summed E-state index contributed by atoms with van der Waals surface area (Å²) in [6.45, 7) is 31.4. The lowest BCUT2D eigenvalue weighted by Gasteiger charge is -2.43. The zero-order chi connectivity index (χ0) is 35.9. The summed E-state index contributed by atoms with van der Waals surface area (Å²) in [5, 5.41) is 13.7. The summed E-state index contributed by atoms with van der Waals surface area (Å²) >= 11 is 0. The van der Waals surface area contributed by atoms with E-state index in [1.807, 2.05) is 31.2 Å². The van der Waals surface area contributed by atoms with Crippen molar-refractivity contribution in [2.24, 2.45) is 0 Å². The van der Waals surface area contributed by atoms with E-state index in [2.05, 4.69) is 93.4 Å². The van der Waals surface area contributed by atoms with Gasteiger partial charge in [-0.3, -0.25) is 4.79 Å². The van der Waals surface area contributed by atoms with Gasteiger partial charge >= 0.3 is 0 Å². The molecule has 0 saturated heterocycles. The molecular weight excluding hydrogens is 625 g/mol. The van der Waals surface area contributed by atoms with Gasteiger partial charge in [-0.2, -0.15) is 0 Å². The number of aromatic amines is 1. The van der Waals surface area contributed by atoms with E-state index in [1.165, 1.54) is 0 Å². The molecule has 268 valence electrons. The van der Waals surface area contributed by atoms with Gasteiger partial charge in [0.25, 0.3) is 14.2 Å². The minimum absolute atomic E-state index is 0.154. The number of ether oxygens (including phenoxy) is 2. The average Bonchev–Trinajstić information content (AvgIpc) is 3.45. The summed E-state index contributed by atoms with van der Waals surface area (Å²) in [6.07, 6.45) is -0.930. The lowest BCUT2D eigenvalue weighted by Crippen LogP contribution is -2.53. The second-order valence-electron chi connectivity index (χ2n) is 15.2. The number of aliphatic hydroxyl groups excluding tert-OH is 1. The number of hydrogen-bond acceptors (Lipinski definition) is 6. The Kier molecular flexibility index (Phi) is 15.3. The number of aliphatic hydroxyl groups is 1. The molecule has 1 aromatic carbocycles. The van der Waals surface area contributed by atoms with Gasteiger partial charge in [-0.15, -0.1) is 0 Å². The SMILES string of the molecule is COC[C@H](C)Oc1cc(O[Si](C(C)C)(C(C)C)C(C)C)cc(-c2ccc(C(=O)N[C@H](CO[Si](C(C)C)(C(C)C)C(C)C)[C@@H](C)O)[nH]2)c1. The highest BCUT2D eigenvalue weighted by Gasteiger charge is 2.47. The highest BCUT2D eigenvalue weighted by Crippen LogP contribution is 2.44. The van der Waals surface area contributed by atoms with E-state index in [0.717, 1.165) is 17.0 Å². The quantitative estimate of drug-likeness (QED) is 0.127. The molecule has 47 heavy (non-hydrogen) atoms. The molecule has 3 atom stereocenters. The fourth-order valence-electron chi connectivity index (χ4n) is 7.89.